The van der Waals surface area contributed by atoms with E-state index in [2.05, 4.69) is 34.4 Å². The number of hydrogen-bond donors (Lipinski definition) is 1. The van der Waals surface area contributed by atoms with E-state index in [1.807, 2.05) is 41.4 Å². The molecule has 0 fully saturated rings. The van der Waals surface area contributed by atoms with E-state index in [4.69, 9.17) is 4.52 Å². The number of nitrogens with one attached hydrogen (secondary N) is 1. The summed E-state index contributed by atoms with van der Waals surface area (Å²) in [6.07, 6.45) is 3.76. The molecule has 3 heterocycles. The first-order chi connectivity index (χ1) is 10.6. The standard InChI is InChI=1S/C15H19N5OS/c1-10(12(3)20-8-5-7-16-20)17-11(2)15-18-14(19-21-15)13-6-4-9-22-13/h4-12,17H,1-3H3/t10-,11+,12-/m1/s1. The van der Waals surface area contributed by atoms with Crippen LogP contribution in [0.15, 0.2) is 40.5 Å². The van der Waals surface area contributed by atoms with Gasteiger partial charge in [-0.3, -0.25) is 4.68 Å². The van der Waals surface area contributed by atoms with Crippen molar-refractivity contribution in [3.8, 4) is 10.7 Å². The average Bonchev–Trinajstić information content (AvgIpc) is 3.26. The molecule has 116 valence electrons. The summed E-state index contributed by atoms with van der Waals surface area (Å²) in [5.74, 6) is 1.24. The molecule has 0 aliphatic rings. The van der Waals surface area contributed by atoms with Gasteiger partial charge in [-0.1, -0.05) is 11.2 Å². The van der Waals surface area contributed by atoms with Gasteiger partial charge in [-0.05, 0) is 38.3 Å². The molecule has 0 saturated carbocycles. The van der Waals surface area contributed by atoms with E-state index in [0.717, 1.165) is 4.88 Å². The molecule has 0 aromatic carbocycles. The van der Waals surface area contributed by atoms with Crippen molar-refractivity contribution in [2.24, 2.45) is 0 Å². The van der Waals surface area contributed by atoms with E-state index in [9.17, 15) is 0 Å². The number of hydrogen-bond acceptors (Lipinski definition) is 6. The minimum atomic E-state index is -0.0192. The van der Waals surface area contributed by atoms with Crippen molar-refractivity contribution in [3.05, 3.63) is 41.9 Å². The lowest BCUT2D eigenvalue weighted by atomic mass is 10.1. The maximum Gasteiger partial charge on any atom is 0.243 e. The van der Waals surface area contributed by atoms with Gasteiger partial charge >= 0.3 is 0 Å². The van der Waals surface area contributed by atoms with Gasteiger partial charge < -0.3 is 9.84 Å². The highest BCUT2D eigenvalue weighted by Gasteiger charge is 2.21. The molecule has 6 nitrogen and oxygen atoms in total. The molecule has 0 radical (unpaired) electrons. The summed E-state index contributed by atoms with van der Waals surface area (Å²) < 4.78 is 7.32. The van der Waals surface area contributed by atoms with Crippen LogP contribution in [0, 0.1) is 0 Å². The van der Waals surface area contributed by atoms with Crippen LogP contribution >= 0.6 is 11.3 Å². The second-order valence-electron chi connectivity index (χ2n) is 5.34. The summed E-state index contributed by atoms with van der Waals surface area (Å²) >= 11 is 1.60. The van der Waals surface area contributed by atoms with Crippen molar-refractivity contribution in [2.45, 2.75) is 38.9 Å². The van der Waals surface area contributed by atoms with Crippen molar-refractivity contribution in [1.82, 2.24) is 25.2 Å². The summed E-state index contributed by atoms with van der Waals surface area (Å²) in [6.45, 7) is 6.28. The number of aromatic nitrogens is 4. The lowest BCUT2D eigenvalue weighted by molar-refractivity contribution is 0.292. The Bertz CT molecular complexity index is 691. The van der Waals surface area contributed by atoms with Crippen molar-refractivity contribution in [3.63, 3.8) is 0 Å². The third kappa shape index (κ3) is 3.10. The van der Waals surface area contributed by atoms with Gasteiger partial charge in [-0.2, -0.15) is 10.1 Å². The number of thiophene rings is 1. The normalized spacial score (nSPS) is 15.6. The van der Waals surface area contributed by atoms with Crippen molar-refractivity contribution in [1.29, 1.82) is 0 Å². The molecular formula is C15H19N5OS. The SMILES string of the molecule is C[C@H](N[C@H](C)[C@@H](C)n1cccn1)c1nc(-c2cccs2)no1. The van der Waals surface area contributed by atoms with E-state index in [-0.39, 0.29) is 18.1 Å². The highest BCUT2D eigenvalue weighted by Crippen LogP contribution is 2.23. The second-order valence-corrected chi connectivity index (χ2v) is 6.28. The topological polar surface area (TPSA) is 68.8 Å². The Hall–Kier alpha value is -1.99. The fourth-order valence-corrected chi connectivity index (χ4v) is 2.92. The highest BCUT2D eigenvalue weighted by molar-refractivity contribution is 7.13. The lowest BCUT2D eigenvalue weighted by Crippen LogP contribution is -2.35. The first-order valence-corrected chi connectivity index (χ1v) is 8.16. The average molecular weight is 317 g/mol. The Morgan fingerprint density at radius 3 is 2.82 bits per heavy atom. The van der Waals surface area contributed by atoms with Gasteiger partial charge in [-0.25, -0.2) is 0 Å². The molecule has 7 heteroatoms. The van der Waals surface area contributed by atoms with Gasteiger partial charge in [0.2, 0.25) is 11.7 Å². The monoisotopic (exact) mass is 317 g/mol. The van der Waals surface area contributed by atoms with Gasteiger partial charge in [0.15, 0.2) is 0 Å². The first-order valence-electron chi connectivity index (χ1n) is 7.28. The van der Waals surface area contributed by atoms with Crippen LogP contribution in [0.5, 0.6) is 0 Å². The van der Waals surface area contributed by atoms with Crippen molar-refractivity contribution in [2.75, 3.05) is 0 Å². The fraction of sp³-hybridized carbons (Fsp3) is 0.400. The van der Waals surface area contributed by atoms with Gasteiger partial charge in [0, 0.05) is 18.4 Å². The van der Waals surface area contributed by atoms with Crippen LogP contribution in [0.3, 0.4) is 0 Å². The molecular weight excluding hydrogens is 298 g/mol. The van der Waals surface area contributed by atoms with Crippen LogP contribution < -0.4 is 5.32 Å². The second kappa shape index (κ2) is 6.41. The minimum Gasteiger partial charge on any atom is -0.337 e. The zero-order chi connectivity index (χ0) is 15.5. The lowest BCUT2D eigenvalue weighted by Gasteiger charge is -2.24. The van der Waals surface area contributed by atoms with Crippen LogP contribution in [0.25, 0.3) is 10.7 Å². The molecule has 0 saturated heterocycles. The molecule has 0 bridgehead atoms. The number of nitrogens with zero attached hydrogens (tertiary/aromatic N) is 4. The minimum absolute atomic E-state index is 0.0192. The van der Waals surface area contributed by atoms with Crippen molar-refractivity contribution >= 4 is 11.3 Å². The molecule has 0 unspecified atom stereocenters. The Morgan fingerprint density at radius 2 is 2.14 bits per heavy atom. The zero-order valence-electron chi connectivity index (χ0n) is 12.8. The van der Waals surface area contributed by atoms with Crippen LogP contribution in [0.1, 0.15) is 38.7 Å². The summed E-state index contributed by atoms with van der Waals surface area (Å²) in [5, 5.41) is 13.8. The van der Waals surface area contributed by atoms with Crippen LogP contribution in [0.4, 0.5) is 0 Å². The summed E-state index contributed by atoms with van der Waals surface area (Å²) in [7, 11) is 0. The first kappa shape index (κ1) is 14.9. The predicted molar refractivity (Wildman–Crippen MR) is 85.6 cm³/mol. The Balaban J connectivity index is 1.65. The molecule has 3 atom stereocenters. The van der Waals surface area contributed by atoms with Gasteiger partial charge in [0.1, 0.15) is 0 Å². The van der Waals surface area contributed by atoms with Crippen LogP contribution in [0.2, 0.25) is 0 Å². The van der Waals surface area contributed by atoms with E-state index < -0.39 is 0 Å². The van der Waals surface area contributed by atoms with E-state index in [1.165, 1.54) is 0 Å². The Morgan fingerprint density at radius 1 is 1.27 bits per heavy atom. The molecule has 3 aromatic heterocycles. The van der Waals surface area contributed by atoms with Crippen LogP contribution in [-0.2, 0) is 0 Å². The Labute approximate surface area is 133 Å². The molecule has 0 amide bonds. The zero-order valence-corrected chi connectivity index (χ0v) is 13.6. The molecule has 0 aliphatic heterocycles. The van der Waals surface area contributed by atoms with Gasteiger partial charge in [-0.15, -0.1) is 11.3 Å². The number of rotatable bonds is 6. The van der Waals surface area contributed by atoms with Gasteiger partial charge in [0.05, 0.1) is 17.0 Å². The molecule has 22 heavy (non-hydrogen) atoms. The smallest absolute Gasteiger partial charge is 0.243 e. The maximum atomic E-state index is 5.38. The third-order valence-electron chi connectivity index (χ3n) is 3.73. The molecule has 3 rings (SSSR count). The molecule has 1 N–H and O–H groups in total. The molecule has 0 spiro atoms. The quantitative estimate of drug-likeness (QED) is 0.755. The Kier molecular flexibility index (Phi) is 4.35. The molecule has 3 aromatic rings. The van der Waals surface area contributed by atoms with E-state index in [0.29, 0.717) is 11.7 Å². The third-order valence-corrected chi connectivity index (χ3v) is 4.60. The maximum absolute atomic E-state index is 5.38. The summed E-state index contributed by atoms with van der Waals surface area (Å²) in [6, 6.07) is 6.32. The fourth-order valence-electron chi connectivity index (χ4n) is 2.27. The largest absolute Gasteiger partial charge is 0.337 e. The van der Waals surface area contributed by atoms with Gasteiger partial charge in [0.25, 0.3) is 0 Å². The van der Waals surface area contributed by atoms with Crippen LogP contribution in [-0.4, -0.2) is 26.0 Å². The molecule has 0 aliphatic carbocycles. The summed E-state index contributed by atoms with van der Waals surface area (Å²) in [5.41, 5.74) is 0. The predicted octanol–water partition coefficient (Wildman–Crippen LogP) is 3.29. The highest BCUT2D eigenvalue weighted by atomic mass is 32.1. The summed E-state index contributed by atoms with van der Waals surface area (Å²) in [4.78, 5) is 5.49. The van der Waals surface area contributed by atoms with Crippen molar-refractivity contribution < 1.29 is 4.52 Å². The van der Waals surface area contributed by atoms with E-state index >= 15 is 0 Å². The van der Waals surface area contributed by atoms with E-state index in [1.54, 1.807) is 17.5 Å².